The number of rotatable bonds is 7. The summed E-state index contributed by atoms with van der Waals surface area (Å²) in [7, 11) is 0. The Balaban J connectivity index is 0.00000512. The Hall–Kier alpha value is -1.49. The first-order valence-corrected chi connectivity index (χ1v) is 11.3. The maximum absolute atomic E-state index is 12.4. The van der Waals surface area contributed by atoms with Gasteiger partial charge in [-0.15, -0.1) is 24.0 Å². The molecule has 8 nitrogen and oxygen atoms in total. The summed E-state index contributed by atoms with van der Waals surface area (Å²) in [6.07, 6.45) is 2.79. The SMILES string of the molecule is CCNC(=NCC(C)(O)c1ccc(C)o1)NCCC1CCCN(C(=O)OC(C)(C)C)C1.I. The number of aliphatic imine (C=N–C) groups is 1. The molecular weight excluding hydrogens is 523 g/mol. The van der Waals surface area contributed by atoms with Crippen molar-refractivity contribution in [1.29, 1.82) is 0 Å². The zero-order chi connectivity index (χ0) is 23.1. The van der Waals surface area contributed by atoms with Gasteiger partial charge in [0.15, 0.2) is 5.96 Å². The molecule has 1 aliphatic rings. The van der Waals surface area contributed by atoms with E-state index in [2.05, 4.69) is 15.6 Å². The van der Waals surface area contributed by atoms with Crippen molar-refractivity contribution in [3.05, 3.63) is 23.7 Å². The number of guanidine groups is 1. The molecule has 0 aromatic carbocycles. The minimum atomic E-state index is -1.17. The molecule has 1 aliphatic heterocycles. The number of aliphatic hydroxyl groups is 1. The van der Waals surface area contributed by atoms with E-state index in [4.69, 9.17) is 9.15 Å². The van der Waals surface area contributed by atoms with Crippen molar-refractivity contribution >= 4 is 36.0 Å². The molecule has 2 heterocycles. The molecule has 2 atom stereocenters. The molecule has 1 fully saturated rings. The van der Waals surface area contributed by atoms with E-state index in [0.29, 0.717) is 17.6 Å². The quantitative estimate of drug-likeness (QED) is 0.263. The van der Waals surface area contributed by atoms with Crippen molar-refractivity contribution in [3.63, 3.8) is 0 Å². The summed E-state index contributed by atoms with van der Waals surface area (Å²) in [4.78, 5) is 18.7. The number of aryl methyl sites for hydroxylation is 1. The standard InChI is InChI=1S/C23H40N4O4.HI/c1-7-24-20(26-16-23(6,29)19-11-10-17(2)30-19)25-13-12-18-9-8-14-27(15-18)21(28)31-22(3,4)5;/h10-11,18,29H,7-9,12-16H2,1-6H3,(H2,24,25,26);1H. The number of furan rings is 1. The molecule has 1 amide bonds. The van der Waals surface area contributed by atoms with Gasteiger partial charge in [0.2, 0.25) is 0 Å². The highest BCUT2D eigenvalue weighted by atomic mass is 127. The third-order valence-corrected chi connectivity index (χ3v) is 5.18. The van der Waals surface area contributed by atoms with Crippen molar-refractivity contribution in [2.24, 2.45) is 10.9 Å². The lowest BCUT2D eigenvalue weighted by molar-refractivity contribution is 0.0162. The molecule has 1 aromatic rings. The summed E-state index contributed by atoms with van der Waals surface area (Å²) in [6.45, 7) is 14.4. The van der Waals surface area contributed by atoms with Crippen LogP contribution >= 0.6 is 24.0 Å². The van der Waals surface area contributed by atoms with Crippen LogP contribution in [0.1, 0.15) is 65.4 Å². The van der Waals surface area contributed by atoms with E-state index in [1.165, 1.54) is 0 Å². The Labute approximate surface area is 209 Å². The van der Waals surface area contributed by atoms with E-state index in [1.807, 2.05) is 45.6 Å². The van der Waals surface area contributed by atoms with Crippen LogP contribution in [0.3, 0.4) is 0 Å². The summed E-state index contributed by atoms with van der Waals surface area (Å²) in [6, 6.07) is 3.62. The average Bonchev–Trinajstić information content (AvgIpc) is 3.12. The van der Waals surface area contributed by atoms with Gasteiger partial charge in [0.25, 0.3) is 0 Å². The van der Waals surface area contributed by atoms with E-state index >= 15 is 0 Å². The second-order valence-corrected chi connectivity index (χ2v) is 9.53. The molecule has 9 heteroatoms. The van der Waals surface area contributed by atoms with Crippen molar-refractivity contribution in [2.45, 2.75) is 72.0 Å². The Bertz CT molecular complexity index is 743. The van der Waals surface area contributed by atoms with Crippen LogP contribution in [0.2, 0.25) is 0 Å². The summed E-state index contributed by atoms with van der Waals surface area (Å²) in [5, 5.41) is 17.3. The van der Waals surface area contributed by atoms with Gasteiger partial charge in [0.05, 0.1) is 6.54 Å². The molecule has 2 rings (SSSR count). The fourth-order valence-corrected chi connectivity index (χ4v) is 3.56. The lowest BCUT2D eigenvalue weighted by Gasteiger charge is -2.34. The van der Waals surface area contributed by atoms with Crippen LogP contribution in [-0.2, 0) is 10.3 Å². The van der Waals surface area contributed by atoms with Crippen LogP contribution in [0.5, 0.6) is 0 Å². The number of amides is 1. The number of hydrogen-bond acceptors (Lipinski definition) is 5. The van der Waals surface area contributed by atoms with Crippen molar-refractivity contribution in [3.8, 4) is 0 Å². The zero-order valence-corrected chi connectivity index (χ0v) is 22.7. The Morgan fingerprint density at radius 1 is 1.31 bits per heavy atom. The molecule has 1 saturated heterocycles. The minimum Gasteiger partial charge on any atom is -0.463 e. The molecule has 0 bridgehead atoms. The Morgan fingerprint density at radius 3 is 2.62 bits per heavy atom. The highest BCUT2D eigenvalue weighted by Crippen LogP contribution is 2.23. The van der Waals surface area contributed by atoms with Crippen molar-refractivity contribution in [1.82, 2.24) is 15.5 Å². The minimum absolute atomic E-state index is 0. The number of nitrogens with zero attached hydrogens (tertiary/aromatic N) is 2. The summed E-state index contributed by atoms with van der Waals surface area (Å²) in [5.41, 5.74) is -1.65. The Kier molecular flexibility index (Phi) is 11.3. The first kappa shape index (κ1) is 28.5. The third kappa shape index (κ3) is 9.56. The monoisotopic (exact) mass is 564 g/mol. The predicted molar refractivity (Wildman–Crippen MR) is 138 cm³/mol. The molecule has 0 aliphatic carbocycles. The lowest BCUT2D eigenvalue weighted by Crippen LogP contribution is -2.44. The number of ether oxygens (including phenoxy) is 1. The predicted octanol–water partition coefficient (Wildman–Crippen LogP) is 4.01. The van der Waals surface area contributed by atoms with E-state index in [9.17, 15) is 9.90 Å². The highest BCUT2D eigenvalue weighted by molar-refractivity contribution is 14.0. The van der Waals surface area contributed by atoms with Gasteiger partial charge in [-0.3, -0.25) is 0 Å². The largest absolute Gasteiger partial charge is 0.463 e. The molecule has 0 radical (unpaired) electrons. The van der Waals surface area contributed by atoms with Gasteiger partial charge in [0.1, 0.15) is 22.7 Å². The maximum Gasteiger partial charge on any atom is 0.410 e. The summed E-state index contributed by atoms with van der Waals surface area (Å²) >= 11 is 0. The molecule has 32 heavy (non-hydrogen) atoms. The van der Waals surface area contributed by atoms with Gasteiger partial charge in [-0.25, -0.2) is 9.79 Å². The molecule has 3 N–H and O–H groups in total. The summed E-state index contributed by atoms with van der Waals surface area (Å²) < 4.78 is 11.1. The molecule has 0 saturated carbocycles. The van der Waals surface area contributed by atoms with Crippen LogP contribution in [0, 0.1) is 12.8 Å². The van der Waals surface area contributed by atoms with E-state index in [-0.39, 0.29) is 36.6 Å². The number of carbonyl (C=O) groups is 1. The maximum atomic E-state index is 12.4. The molecule has 1 aromatic heterocycles. The fourth-order valence-electron chi connectivity index (χ4n) is 3.56. The molecule has 2 unspecified atom stereocenters. The highest BCUT2D eigenvalue weighted by Gasteiger charge is 2.28. The van der Waals surface area contributed by atoms with Gasteiger partial charge in [-0.2, -0.15) is 0 Å². The van der Waals surface area contributed by atoms with Gasteiger partial charge >= 0.3 is 6.09 Å². The van der Waals surface area contributed by atoms with E-state index in [0.717, 1.165) is 51.2 Å². The molecule has 0 spiro atoms. The normalized spacial score (nSPS) is 19.0. The number of piperidine rings is 1. The zero-order valence-electron chi connectivity index (χ0n) is 20.4. The van der Waals surface area contributed by atoms with Crippen molar-refractivity contribution in [2.75, 3.05) is 32.7 Å². The van der Waals surface area contributed by atoms with Crippen LogP contribution in [0.25, 0.3) is 0 Å². The molecule has 184 valence electrons. The fraction of sp³-hybridized carbons (Fsp3) is 0.739. The van der Waals surface area contributed by atoms with Gasteiger partial charge in [0, 0.05) is 26.2 Å². The van der Waals surface area contributed by atoms with Gasteiger partial charge < -0.3 is 29.8 Å². The van der Waals surface area contributed by atoms with Crippen LogP contribution < -0.4 is 10.6 Å². The lowest BCUT2D eigenvalue weighted by atomic mass is 9.95. The second kappa shape index (κ2) is 12.7. The smallest absolute Gasteiger partial charge is 0.410 e. The average molecular weight is 565 g/mol. The van der Waals surface area contributed by atoms with E-state index in [1.54, 1.807) is 13.0 Å². The number of nitrogens with one attached hydrogen (secondary N) is 2. The van der Waals surface area contributed by atoms with Crippen molar-refractivity contribution < 1.29 is 19.1 Å². The second-order valence-electron chi connectivity index (χ2n) is 9.53. The Morgan fingerprint density at radius 2 is 2.03 bits per heavy atom. The number of halogens is 1. The number of likely N-dealkylation sites (tertiary alicyclic amines) is 1. The first-order chi connectivity index (χ1) is 14.5. The first-order valence-electron chi connectivity index (χ1n) is 11.3. The van der Waals surface area contributed by atoms with Crippen LogP contribution in [0.4, 0.5) is 4.79 Å². The number of carbonyl (C=O) groups excluding carboxylic acids is 1. The summed E-state index contributed by atoms with van der Waals surface area (Å²) in [5.74, 6) is 2.35. The topological polar surface area (TPSA) is 99.3 Å². The van der Waals surface area contributed by atoms with E-state index < -0.39 is 11.2 Å². The third-order valence-electron chi connectivity index (χ3n) is 5.18. The van der Waals surface area contributed by atoms with Gasteiger partial charge in [-0.05, 0) is 78.9 Å². The van der Waals surface area contributed by atoms with Gasteiger partial charge in [-0.1, -0.05) is 0 Å². The van der Waals surface area contributed by atoms with Crippen LogP contribution in [-0.4, -0.2) is 60.4 Å². The number of hydrogen-bond donors (Lipinski definition) is 3. The molecular formula is C23H41IN4O4. The van der Waals surface area contributed by atoms with Crippen LogP contribution in [0.15, 0.2) is 21.5 Å².